The molecule has 0 aliphatic carbocycles. The Kier molecular flexibility index (Phi) is 10.1. The van der Waals surface area contributed by atoms with E-state index in [1.54, 1.807) is 0 Å². The molecule has 0 aromatic heterocycles. The number of quaternary nitrogens is 1. The van der Waals surface area contributed by atoms with Gasteiger partial charge in [0.1, 0.15) is 5.75 Å². The molecule has 1 aromatic rings. The second-order valence-corrected chi connectivity index (χ2v) is 7.86. The van der Waals surface area contributed by atoms with E-state index in [1.807, 2.05) is 30.3 Å². The summed E-state index contributed by atoms with van der Waals surface area (Å²) in [5, 5.41) is 0. The van der Waals surface area contributed by atoms with Gasteiger partial charge in [0.05, 0.1) is 27.7 Å². The summed E-state index contributed by atoms with van der Waals surface area (Å²) in [7, 11) is 6.64. The Morgan fingerprint density at radius 3 is 2.00 bits per heavy atom. The van der Waals surface area contributed by atoms with Crippen LogP contribution in [0.5, 0.6) is 5.75 Å². The van der Waals surface area contributed by atoms with Crippen molar-refractivity contribution in [3.8, 4) is 5.75 Å². The molecule has 0 aliphatic heterocycles. The fourth-order valence-corrected chi connectivity index (χ4v) is 3.25. The average Bonchev–Trinajstić information content (AvgIpc) is 2.58. The number of likely N-dealkylation sites (N-methyl/N-ethyl adjacent to an activating group) is 1. The van der Waals surface area contributed by atoms with Crippen molar-refractivity contribution < 1.29 is 14.0 Å². The first-order valence-electron chi connectivity index (χ1n) is 10.1. The van der Waals surface area contributed by atoms with E-state index in [0.717, 1.165) is 16.7 Å². The van der Waals surface area contributed by atoms with Crippen LogP contribution in [0.25, 0.3) is 0 Å². The predicted molar refractivity (Wildman–Crippen MR) is 107 cm³/mol. The van der Waals surface area contributed by atoms with Crippen molar-refractivity contribution in [1.82, 2.24) is 0 Å². The normalized spacial score (nSPS) is 14.3. The molecule has 0 aliphatic rings. The van der Waals surface area contributed by atoms with Gasteiger partial charge < -0.3 is 14.0 Å². The summed E-state index contributed by atoms with van der Waals surface area (Å²) < 4.78 is 13.2. The van der Waals surface area contributed by atoms with E-state index < -0.39 is 0 Å². The van der Waals surface area contributed by atoms with Gasteiger partial charge in [0, 0.05) is 6.42 Å². The Hall–Kier alpha value is -1.06. The van der Waals surface area contributed by atoms with Crippen LogP contribution < -0.4 is 4.74 Å². The van der Waals surface area contributed by atoms with Crippen LogP contribution in [0.4, 0.5) is 0 Å². The third kappa shape index (κ3) is 7.79. The zero-order valence-corrected chi connectivity index (χ0v) is 17.2. The lowest BCUT2D eigenvalue weighted by atomic mass is 10.0. The standard InChI is InChI=1S/C22H40NO2/c1-6-8-9-10-11-12-16-19-22(25-7-2,23(3,4)5)20-24-21-17-14-13-15-18-21/h13-15,17-18H,6-12,16,19-20H2,1-5H3/q+1. The van der Waals surface area contributed by atoms with Crippen LogP contribution >= 0.6 is 0 Å². The van der Waals surface area contributed by atoms with Gasteiger partial charge in [-0.15, -0.1) is 0 Å². The van der Waals surface area contributed by atoms with Crippen molar-refractivity contribution in [1.29, 1.82) is 0 Å². The van der Waals surface area contributed by atoms with Gasteiger partial charge in [0.2, 0.25) is 5.72 Å². The molecule has 0 saturated carbocycles. The number of benzene rings is 1. The van der Waals surface area contributed by atoms with Gasteiger partial charge >= 0.3 is 0 Å². The van der Waals surface area contributed by atoms with Crippen LogP contribution in [-0.4, -0.2) is 44.6 Å². The maximum atomic E-state index is 6.31. The number of hydrogen-bond acceptors (Lipinski definition) is 2. The molecule has 0 heterocycles. The Balaban J connectivity index is 2.61. The molecule has 0 radical (unpaired) electrons. The molecule has 25 heavy (non-hydrogen) atoms. The van der Waals surface area contributed by atoms with Gasteiger partial charge in [-0.25, -0.2) is 0 Å². The van der Waals surface area contributed by atoms with Crippen molar-refractivity contribution >= 4 is 0 Å². The molecule has 0 fully saturated rings. The van der Waals surface area contributed by atoms with Crippen LogP contribution in [0.2, 0.25) is 0 Å². The van der Waals surface area contributed by atoms with Gasteiger partial charge in [0.25, 0.3) is 0 Å². The lowest BCUT2D eigenvalue weighted by Crippen LogP contribution is -2.62. The predicted octanol–water partition coefficient (Wildman–Crippen LogP) is 5.65. The van der Waals surface area contributed by atoms with Crippen molar-refractivity contribution in [2.75, 3.05) is 34.4 Å². The first-order chi connectivity index (χ1) is 11.9. The zero-order valence-electron chi connectivity index (χ0n) is 17.2. The lowest BCUT2D eigenvalue weighted by molar-refractivity contribution is -0.952. The number of para-hydroxylation sites is 1. The minimum atomic E-state index is -0.298. The van der Waals surface area contributed by atoms with Crippen molar-refractivity contribution in [3.63, 3.8) is 0 Å². The first kappa shape index (κ1) is 22.0. The Bertz CT molecular complexity index is 441. The van der Waals surface area contributed by atoms with E-state index in [4.69, 9.17) is 9.47 Å². The third-order valence-electron chi connectivity index (χ3n) is 5.01. The molecule has 0 spiro atoms. The highest BCUT2D eigenvalue weighted by Gasteiger charge is 2.44. The summed E-state index contributed by atoms with van der Waals surface area (Å²) in [6.07, 6.45) is 10.3. The van der Waals surface area contributed by atoms with E-state index in [2.05, 4.69) is 35.0 Å². The topological polar surface area (TPSA) is 18.5 Å². The van der Waals surface area contributed by atoms with Crippen LogP contribution in [0, 0.1) is 0 Å². The fraction of sp³-hybridized carbons (Fsp3) is 0.727. The molecule has 0 bridgehead atoms. The lowest BCUT2D eigenvalue weighted by Gasteiger charge is -2.45. The second-order valence-electron chi connectivity index (χ2n) is 7.86. The molecule has 3 nitrogen and oxygen atoms in total. The SMILES string of the molecule is CCCCCCCCCC(COc1ccccc1)(OCC)[N+](C)(C)C. The van der Waals surface area contributed by atoms with E-state index >= 15 is 0 Å². The molecule has 3 heteroatoms. The Labute approximate surface area is 155 Å². The molecular formula is C22H40NO2+. The Morgan fingerprint density at radius 2 is 1.44 bits per heavy atom. The van der Waals surface area contributed by atoms with E-state index in [-0.39, 0.29) is 5.72 Å². The van der Waals surface area contributed by atoms with E-state index in [1.165, 1.54) is 44.9 Å². The van der Waals surface area contributed by atoms with Crippen LogP contribution in [0.3, 0.4) is 0 Å². The third-order valence-corrected chi connectivity index (χ3v) is 5.01. The Morgan fingerprint density at radius 1 is 0.840 bits per heavy atom. The summed E-state index contributed by atoms with van der Waals surface area (Å²) in [5.74, 6) is 0.916. The molecule has 1 atom stereocenters. The molecule has 0 saturated heterocycles. The highest BCUT2D eigenvalue weighted by molar-refractivity contribution is 5.21. The molecule has 0 N–H and O–H groups in total. The van der Waals surface area contributed by atoms with Gasteiger partial charge in [-0.1, -0.05) is 63.6 Å². The molecule has 0 amide bonds. The van der Waals surface area contributed by atoms with Crippen molar-refractivity contribution in [3.05, 3.63) is 30.3 Å². The average molecular weight is 351 g/mol. The zero-order chi connectivity index (χ0) is 18.6. The monoisotopic (exact) mass is 350 g/mol. The quantitative estimate of drug-likeness (QED) is 0.245. The molecular weight excluding hydrogens is 310 g/mol. The highest BCUT2D eigenvalue weighted by atomic mass is 16.6. The number of unbranched alkanes of at least 4 members (excludes halogenated alkanes) is 6. The van der Waals surface area contributed by atoms with Gasteiger partial charge in [-0.05, 0) is 25.5 Å². The molecule has 144 valence electrons. The summed E-state index contributed by atoms with van der Waals surface area (Å²) in [6, 6.07) is 10.1. The van der Waals surface area contributed by atoms with Gasteiger partial charge in [-0.3, -0.25) is 0 Å². The molecule has 1 unspecified atom stereocenters. The van der Waals surface area contributed by atoms with Crippen LogP contribution in [0.15, 0.2) is 30.3 Å². The van der Waals surface area contributed by atoms with Crippen molar-refractivity contribution in [2.45, 2.75) is 70.9 Å². The highest BCUT2D eigenvalue weighted by Crippen LogP contribution is 2.29. The summed E-state index contributed by atoms with van der Waals surface area (Å²) in [5.41, 5.74) is -0.298. The first-order valence-corrected chi connectivity index (χ1v) is 10.1. The largest absolute Gasteiger partial charge is 0.484 e. The maximum Gasteiger partial charge on any atom is 0.237 e. The van der Waals surface area contributed by atoms with E-state index in [9.17, 15) is 0 Å². The molecule has 1 aromatic carbocycles. The van der Waals surface area contributed by atoms with Crippen LogP contribution in [0.1, 0.15) is 65.2 Å². The number of ether oxygens (including phenoxy) is 2. The molecule has 1 rings (SSSR count). The second kappa shape index (κ2) is 11.5. The summed E-state index contributed by atoms with van der Waals surface area (Å²) >= 11 is 0. The van der Waals surface area contributed by atoms with Gasteiger partial charge in [0.15, 0.2) is 6.61 Å². The maximum absolute atomic E-state index is 6.31. The van der Waals surface area contributed by atoms with Gasteiger partial charge in [-0.2, -0.15) is 0 Å². The van der Waals surface area contributed by atoms with E-state index in [0.29, 0.717) is 13.2 Å². The van der Waals surface area contributed by atoms with Crippen LogP contribution in [-0.2, 0) is 4.74 Å². The minimum Gasteiger partial charge on any atom is -0.484 e. The minimum absolute atomic E-state index is 0.298. The number of hydrogen-bond donors (Lipinski definition) is 0. The fourth-order valence-electron chi connectivity index (χ4n) is 3.25. The summed E-state index contributed by atoms with van der Waals surface area (Å²) in [4.78, 5) is 0. The number of rotatable bonds is 14. The summed E-state index contributed by atoms with van der Waals surface area (Å²) in [6.45, 7) is 5.65. The van der Waals surface area contributed by atoms with Crippen molar-refractivity contribution in [2.24, 2.45) is 0 Å². The smallest absolute Gasteiger partial charge is 0.237 e. The number of nitrogens with zero attached hydrogens (tertiary/aromatic N) is 1.